The summed E-state index contributed by atoms with van der Waals surface area (Å²) in [6, 6.07) is 8.78. The van der Waals surface area contributed by atoms with E-state index in [-0.39, 0.29) is 35.4 Å². The molecule has 1 aromatic carbocycles. The van der Waals surface area contributed by atoms with Crippen molar-refractivity contribution in [3.05, 3.63) is 41.6 Å². The van der Waals surface area contributed by atoms with Crippen molar-refractivity contribution in [3.63, 3.8) is 0 Å². The maximum atomic E-state index is 13.2. The number of nitrogens with zero attached hydrogens (tertiary/aromatic N) is 3. The minimum absolute atomic E-state index is 0.0747. The molecule has 0 fully saturated rings. The first kappa shape index (κ1) is 24.4. The molecule has 2 aromatic rings. The zero-order valence-electron chi connectivity index (χ0n) is 20.2. The predicted molar refractivity (Wildman–Crippen MR) is 124 cm³/mol. The third-order valence-electron chi connectivity index (χ3n) is 4.92. The Morgan fingerprint density at radius 1 is 1.13 bits per heavy atom. The highest BCUT2D eigenvalue weighted by Crippen LogP contribution is 2.28. The summed E-state index contributed by atoms with van der Waals surface area (Å²) in [5, 5.41) is 7.70. The number of anilines is 1. The average molecular weight is 429 g/mol. The molecule has 0 saturated carbocycles. The zero-order chi connectivity index (χ0) is 23.6. The van der Waals surface area contributed by atoms with Gasteiger partial charge in [-0.3, -0.25) is 9.59 Å². The summed E-state index contributed by atoms with van der Waals surface area (Å²) in [4.78, 5) is 27.7. The number of amides is 2. The molecule has 170 valence electrons. The summed E-state index contributed by atoms with van der Waals surface area (Å²) in [7, 11) is 1.53. The Kier molecular flexibility index (Phi) is 7.19. The highest BCUT2D eigenvalue weighted by molar-refractivity contribution is 6.01. The molecule has 0 unspecified atom stereocenters. The molecule has 1 aromatic heterocycles. The summed E-state index contributed by atoms with van der Waals surface area (Å²) in [6.07, 6.45) is 0. The fraction of sp³-hybridized carbons (Fsp3) is 0.542. The van der Waals surface area contributed by atoms with E-state index in [2.05, 4.69) is 26.1 Å². The maximum absolute atomic E-state index is 13.2. The molecule has 0 atom stereocenters. The lowest BCUT2D eigenvalue weighted by molar-refractivity contribution is -0.117. The van der Waals surface area contributed by atoms with E-state index >= 15 is 0 Å². The molecule has 0 aliphatic rings. The van der Waals surface area contributed by atoms with E-state index in [1.165, 1.54) is 12.0 Å². The van der Waals surface area contributed by atoms with Crippen LogP contribution in [-0.2, 0) is 15.7 Å². The number of carbonyl (C=O) groups excluding carboxylic acids is 2. The minimum atomic E-state index is -0.308. The van der Waals surface area contributed by atoms with E-state index in [9.17, 15) is 9.59 Å². The third kappa shape index (κ3) is 5.87. The SMILES string of the molecule is COc1ccccc1C(=O)N(CC(=O)Nc1cc(C(C)(C)C)nn1C(C)(C)C)C(C)C. The second kappa shape index (κ2) is 9.12. The fourth-order valence-electron chi connectivity index (χ4n) is 3.15. The average Bonchev–Trinajstić information content (AvgIpc) is 3.10. The number of hydrogen-bond donors (Lipinski definition) is 1. The number of nitrogens with one attached hydrogen (secondary N) is 1. The van der Waals surface area contributed by atoms with Crippen LogP contribution >= 0.6 is 0 Å². The number of hydrogen-bond acceptors (Lipinski definition) is 4. The lowest BCUT2D eigenvalue weighted by Crippen LogP contribution is -2.43. The molecule has 0 saturated heterocycles. The van der Waals surface area contributed by atoms with Crippen molar-refractivity contribution in [3.8, 4) is 5.75 Å². The Hall–Kier alpha value is -2.83. The number of aromatic nitrogens is 2. The van der Waals surface area contributed by atoms with Crippen LogP contribution in [0.25, 0.3) is 0 Å². The molecule has 7 heteroatoms. The van der Waals surface area contributed by atoms with Crippen LogP contribution in [0.4, 0.5) is 5.82 Å². The van der Waals surface area contributed by atoms with E-state index in [4.69, 9.17) is 9.84 Å². The van der Waals surface area contributed by atoms with Crippen molar-refractivity contribution in [2.45, 2.75) is 72.4 Å². The highest BCUT2D eigenvalue weighted by Gasteiger charge is 2.28. The Morgan fingerprint density at radius 3 is 2.26 bits per heavy atom. The Labute approximate surface area is 185 Å². The molecule has 0 spiro atoms. The van der Waals surface area contributed by atoms with Crippen LogP contribution in [0.5, 0.6) is 5.75 Å². The molecule has 1 heterocycles. The molecular weight excluding hydrogens is 392 g/mol. The first-order valence-electron chi connectivity index (χ1n) is 10.6. The molecule has 0 radical (unpaired) electrons. The number of benzene rings is 1. The van der Waals surface area contributed by atoms with Gasteiger partial charge in [0.05, 0.1) is 23.9 Å². The quantitative estimate of drug-likeness (QED) is 0.738. The van der Waals surface area contributed by atoms with Crippen molar-refractivity contribution in [2.75, 3.05) is 19.0 Å². The number of methoxy groups -OCH3 is 1. The van der Waals surface area contributed by atoms with Gasteiger partial charge < -0.3 is 15.0 Å². The molecular formula is C24H36N4O3. The van der Waals surface area contributed by atoms with Crippen molar-refractivity contribution < 1.29 is 14.3 Å². The zero-order valence-corrected chi connectivity index (χ0v) is 20.2. The largest absolute Gasteiger partial charge is 0.496 e. The van der Waals surface area contributed by atoms with Gasteiger partial charge in [0.1, 0.15) is 18.1 Å². The van der Waals surface area contributed by atoms with Gasteiger partial charge in [-0.1, -0.05) is 32.9 Å². The summed E-state index contributed by atoms with van der Waals surface area (Å²) >= 11 is 0. The van der Waals surface area contributed by atoms with Crippen LogP contribution in [0.1, 0.15) is 71.4 Å². The van der Waals surface area contributed by atoms with Gasteiger partial charge >= 0.3 is 0 Å². The van der Waals surface area contributed by atoms with Gasteiger partial charge in [-0.15, -0.1) is 0 Å². The van der Waals surface area contributed by atoms with Crippen LogP contribution in [-0.4, -0.2) is 46.2 Å². The molecule has 0 aliphatic carbocycles. The molecule has 2 rings (SSSR count). The van der Waals surface area contributed by atoms with Crippen LogP contribution in [0.3, 0.4) is 0 Å². The van der Waals surface area contributed by atoms with Crippen LogP contribution in [0, 0.1) is 0 Å². The fourth-order valence-corrected chi connectivity index (χ4v) is 3.15. The molecule has 7 nitrogen and oxygen atoms in total. The summed E-state index contributed by atoms with van der Waals surface area (Å²) in [5.41, 5.74) is 0.862. The predicted octanol–water partition coefficient (Wildman–Crippen LogP) is 4.43. The normalized spacial score (nSPS) is 12.1. The number of para-hydroxylation sites is 1. The minimum Gasteiger partial charge on any atom is -0.496 e. The lowest BCUT2D eigenvalue weighted by atomic mass is 9.92. The van der Waals surface area contributed by atoms with Gasteiger partial charge in [0.15, 0.2) is 0 Å². The summed E-state index contributed by atoms with van der Waals surface area (Å²) in [6.45, 7) is 16.1. The van der Waals surface area contributed by atoms with Crippen LogP contribution < -0.4 is 10.1 Å². The Morgan fingerprint density at radius 2 is 1.74 bits per heavy atom. The van der Waals surface area contributed by atoms with Crippen LogP contribution in [0.15, 0.2) is 30.3 Å². The second-order valence-corrected chi connectivity index (χ2v) is 10.0. The smallest absolute Gasteiger partial charge is 0.258 e. The summed E-state index contributed by atoms with van der Waals surface area (Å²) in [5.74, 6) is 0.583. The number of carbonyl (C=O) groups is 2. The summed E-state index contributed by atoms with van der Waals surface area (Å²) < 4.78 is 7.15. The van der Waals surface area contributed by atoms with Gasteiger partial charge in [0.2, 0.25) is 5.91 Å². The van der Waals surface area contributed by atoms with Gasteiger partial charge in [0.25, 0.3) is 5.91 Å². The van der Waals surface area contributed by atoms with Gasteiger partial charge in [-0.05, 0) is 46.8 Å². The van der Waals surface area contributed by atoms with Crippen molar-refractivity contribution in [2.24, 2.45) is 0 Å². The molecule has 31 heavy (non-hydrogen) atoms. The van der Waals surface area contributed by atoms with E-state index < -0.39 is 0 Å². The molecule has 1 N–H and O–H groups in total. The Bertz CT molecular complexity index is 933. The third-order valence-corrected chi connectivity index (χ3v) is 4.92. The first-order chi connectivity index (χ1) is 14.3. The Balaban J connectivity index is 2.29. The number of rotatable bonds is 6. The van der Waals surface area contributed by atoms with Crippen molar-refractivity contribution in [1.82, 2.24) is 14.7 Å². The van der Waals surface area contributed by atoms with Crippen molar-refractivity contribution in [1.29, 1.82) is 0 Å². The number of ether oxygens (including phenoxy) is 1. The van der Waals surface area contributed by atoms with E-state index in [0.29, 0.717) is 17.1 Å². The van der Waals surface area contributed by atoms with Gasteiger partial charge in [0, 0.05) is 17.5 Å². The molecule has 0 aliphatic heterocycles. The topological polar surface area (TPSA) is 76.5 Å². The first-order valence-corrected chi connectivity index (χ1v) is 10.6. The standard InChI is InChI=1S/C24H36N4O3/c1-16(2)27(22(30)17-12-10-11-13-18(17)31-9)15-21(29)25-20-14-19(23(3,4)5)26-28(20)24(6,7)8/h10-14,16H,15H2,1-9H3,(H,25,29). The lowest BCUT2D eigenvalue weighted by Gasteiger charge is -2.27. The van der Waals surface area contributed by atoms with Crippen LogP contribution in [0.2, 0.25) is 0 Å². The molecule has 0 bridgehead atoms. The maximum Gasteiger partial charge on any atom is 0.258 e. The van der Waals surface area contributed by atoms with Crippen molar-refractivity contribution >= 4 is 17.6 Å². The van der Waals surface area contributed by atoms with Gasteiger partial charge in [-0.2, -0.15) is 5.10 Å². The van der Waals surface area contributed by atoms with E-state index in [1.807, 2.05) is 51.4 Å². The van der Waals surface area contributed by atoms with Gasteiger partial charge in [-0.25, -0.2) is 4.68 Å². The monoisotopic (exact) mass is 428 g/mol. The highest BCUT2D eigenvalue weighted by atomic mass is 16.5. The second-order valence-electron chi connectivity index (χ2n) is 10.0. The van der Waals surface area contributed by atoms with E-state index in [0.717, 1.165) is 5.69 Å². The molecule has 2 amide bonds. The van der Waals surface area contributed by atoms with E-state index in [1.54, 1.807) is 18.2 Å².